The van der Waals surface area contributed by atoms with Crippen LogP contribution in [0, 0.1) is 11.3 Å². The van der Waals surface area contributed by atoms with Crippen molar-refractivity contribution in [2.24, 2.45) is 0 Å². The Kier molecular flexibility index (Phi) is 7.58. The van der Waals surface area contributed by atoms with E-state index in [4.69, 9.17) is 30.6 Å². The monoisotopic (exact) mass is 551 g/mol. The van der Waals surface area contributed by atoms with Gasteiger partial charge in [0.2, 0.25) is 0 Å². The molecule has 4 rings (SSSR count). The number of ether oxygens (including phenoxy) is 1. The van der Waals surface area contributed by atoms with E-state index in [-0.39, 0.29) is 22.4 Å². The zero-order valence-electron chi connectivity index (χ0n) is 18.1. The van der Waals surface area contributed by atoms with Gasteiger partial charge >= 0.3 is 15.2 Å². The Morgan fingerprint density at radius 2 is 1.94 bits per heavy atom. The van der Waals surface area contributed by atoms with Crippen LogP contribution in [0.3, 0.4) is 0 Å². The van der Waals surface area contributed by atoms with Crippen molar-refractivity contribution in [1.82, 2.24) is 14.5 Å². The third-order valence-electron chi connectivity index (χ3n) is 5.90. The highest BCUT2D eigenvalue weighted by Gasteiger charge is 2.46. The Bertz CT molecular complexity index is 1240. The molecular formula is C18H24ClN5O9P2. The van der Waals surface area contributed by atoms with Gasteiger partial charge in [-0.1, -0.05) is 24.4 Å². The topological polar surface area (TPSA) is 220 Å². The summed E-state index contributed by atoms with van der Waals surface area (Å²) in [6.07, 6.45) is -0.439. The van der Waals surface area contributed by atoms with Crippen molar-refractivity contribution in [3.63, 3.8) is 0 Å². The van der Waals surface area contributed by atoms with Crippen LogP contribution in [0.1, 0.15) is 37.5 Å². The van der Waals surface area contributed by atoms with Gasteiger partial charge in [-0.3, -0.25) is 13.7 Å². The van der Waals surface area contributed by atoms with E-state index in [0.717, 1.165) is 25.7 Å². The molecule has 192 valence electrons. The largest absolute Gasteiger partial charge is 0.387 e. The number of pyridine rings is 1. The van der Waals surface area contributed by atoms with Crippen LogP contribution in [0.5, 0.6) is 0 Å². The van der Waals surface area contributed by atoms with E-state index in [1.807, 2.05) is 6.07 Å². The lowest BCUT2D eigenvalue weighted by atomic mass is 10.1. The van der Waals surface area contributed by atoms with E-state index in [1.165, 1.54) is 10.9 Å². The molecular weight excluding hydrogens is 528 g/mol. The highest BCUT2D eigenvalue weighted by atomic mass is 35.5. The maximum Gasteiger partial charge on any atom is 0.340 e. The van der Waals surface area contributed by atoms with Gasteiger partial charge in [0.25, 0.3) is 0 Å². The van der Waals surface area contributed by atoms with Crippen LogP contribution in [0.2, 0.25) is 5.15 Å². The summed E-state index contributed by atoms with van der Waals surface area (Å²) in [5.74, 6) is -1.40. The van der Waals surface area contributed by atoms with Gasteiger partial charge in [-0.2, -0.15) is 5.26 Å². The Hall–Kier alpha value is -1.62. The molecule has 2 aromatic heterocycles. The molecule has 2 aromatic rings. The molecule has 14 nitrogen and oxygen atoms in total. The molecule has 1 aliphatic heterocycles. The second-order valence-electron chi connectivity index (χ2n) is 8.50. The summed E-state index contributed by atoms with van der Waals surface area (Å²) < 4.78 is 34.6. The first kappa shape index (κ1) is 26.4. The Balaban J connectivity index is 1.59. The molecule has 1 aliphatic carbocycles. The number of imidazole rings is 1. The SMILES string of the molecule is N#Cc1c(Cl)nc2c(ncn2[C@@H]2O[C@H](COP(=O)(O)CP(=O)(O)O)[C@@H](O)[C@H]2O)c1NC1CCCC1. The number of hydrogen-bond donors (Lipinski definition) is 6. The normalized spacial score (nSPS) is 27.2. The van der Waals surface area contributed by atoms with Gasteiger partial charge in [0.05, 0.1) is 18.6 Å². The van der Waals surface area contributed by atoms with Crippen LogP contribution in [-0.2, 0) is 18.4 Å². The summed E-state index contributed by atoms with van der Waals surface area (Å²) in [6.45, 7) is -0.726. The van der Waals surface area contributed by atoms with Crippen LogP contribution in [0.25, 0.3) is 11.2 Å². The number of anilines is 1. The number of hydrogen-bond acceptors (Lipinski definition) is 10. The van der Waals surface area contributed by atoms with Crippen LogP contribution in [-0.4, -0.2) is 76.3 Å². The van der Waals surface area contributed by atoms with Gasteiger partial charge in [-0.15, -0.1) is 0 Å². The van der Waals surface area contributed by atoms with Crippen molar-refractivity contribution in [2.75, 3.05) is 17.8 Å². The number of fused-ring (bicyclic) bond motifs is 1. The summed E-state index contributed by atoms with van der Waals surface area (Å²) in [4.78, 5) is 36.0. The zero-order valence-corrected chi connectivity index (χ0v) is 20.7. The fourth-order valence-corrected chi connectivity index (χ4v) is 7.06. The second kappa shape index (κ2) is 10.0. The first-order valence-corrected chi connectivity index (χ1v) is 14.6. The van der Waals surface area contributed by atoms with Crippen molar-refractivity contribution >= 4 is 43.6 Å². The minimum atomic E-state index is -4.84. The van der Waals surface area contributed by atoms with E-state index < -0.39 is 52.2 Å². The lowest BCUT2D eigenvalue weighted by Crippen LogP contribution is -2.33. The average Bonchev–Trinajstić information content (AvgIpc) is 3.46. The quantitative estimate of drug-likeness (QED) is 0.201. The molecule has 0 aromatic carbocycles. The molecule has 35 heavy (non-hydrogen) atoms. The molecule has 2 aliphatic rings. The van der Waals surface area contributed by atoms with Gasteiger partial charge in [0.1, 0.15) is 35.5 Å². The maximum absolute atomic E-state index is 11.9. The highest BCUT2D eigenvalue weighted by Crippen LogP contribution is 2.55. The number of aliphatic hydroxyl groups is 2. The highest BCUT2D eigenvalue weighted by molar-refractivity contribution is 7.70. The Morgan fingerprint density at radius 3 is 2.57 bits per heavy atom. The molecule has 0 spiro atoms. The van der Waals surface area contributed by atoms with E-state index in [2.05, 4.69) is 15.3 Å². The minimum Gasteiger partial charge on any atom is -0.387 e. The molecule has 5 atom stereocenters. The summed E-state index contributed by atoms with van der Waals surface area (Å²) in [6, 6.07) is 2.16. The van der Waals surface area contributed by atoms with Crippen molar-refractivity contribution in [1.29, 1.82) is 5.26 Å². The number of rotatable bonds is 8. The molecule has 0 bridgehead atoms. The molecule has 1 saturated carbocycles. The standard InChI is InChI=1S/C18H24ClN5O9P2/c19-16-10(5-20)12(22-9-3-1-2-4-9)13-17(23-16)24(7-21-13)18-15(26)14(25)11(33-18)6-32-35(30,31)8-34(27,28)29/h7,9,11,14-15,18,25-26H,1-4,6,8H2,(H,22,23)(H,30,31)(H2,27,28,29)/t11-,14-,15-,18-/m1/s1. The summed E-state index contributed by atoms with van der Waals surface area (Å²) >= 11 is 6.27. The molecule has 3 heterocycles. The Labute approximate surface area is 204 Å². The van der Waals surface area contributed by atoms with Gasteiger partial charge in [0, 0.05) is 6.04 Å². The number of nitriles is 1. The molecule has 0 amide bonds. The van der Waals surface area contributed by atoms with Crippen molar-refractivity contribution in [2.45, 2.75) is 56.3 Å². The van der Waals surface area contributed by atoms with Crippen LogP contribution < -0.4 is 5.32 Å². The van der Waals surface area contributed by atoms with E-state index in [0.29, 0.717) is 11.2 Å². The number of aromatic nitrogens is 3. The van der Waals surface area contributed by atoms with Crippen LogP contribution in [0.15, 0.2) is 6.33 Å². The molecule has 17 heteroatoms. The summed E-state index contributed by atoms with van der Waals surface area (Å²) in [5.41, 5.74) is 1.00. The maximum atomic E-state index is 11.9. The second-order valence-corrected chi connectivity index (χ2v) is 12.9. The third-order valence-corrected chi connectivity index (χ3v) is 9.62. The lowest BCUT2D eigenvalue weighted by Gasteiger charge is -2.19. The molecule has 0 radical (unpaired) electrons. The molecule has 1 unspecified atom stereocenters. The average molecular weight is 552 g/mol. The van der Waals surface area contributed by atoms with Gasteiger partial charge in [-0.05, 0) is 12.8 Å². The first-order chi connectivity index (χ1) is 16.4. The fraction of sp³-hybridized carbons (Fsp3) is 0.611. The third kappa shape index (κ3) is 5.70. The predicted octanol–water partition coefficient (Wildman–Crippen LogP) is 1.27. The number of aliphatic hydroxyl groups excluding tert-OH is 2. The van der Waals surface area contributed by atoms with E-state index >= 15 is 0 Å². The van der Waals surface area contributed by atoms with Gasteiger partial charge in [0.15, 0.2) is 22.9 Å². The molecule has 2 fully saturated rings. The molecule has 6 N–H and O–H groups in total. The lowest BCUT2D eigenvalue weighted by molar-refractivity contribution is -0.0483. The first-order valence-electron chi connectivity index (χ1n) is 10.7. The Morgan fingerprint density at radius 1 is 1.26 bits per heavy atom. The zero-order chi connectivity index (χ0) is 25.5. The van der Waals surface area contributed by atoms with E-state index in [9.17, 15) is 29.5 Å². The number of nitrogens with one attached hydrogen (secondary N) is 1. The minimum absolute atomic E-state index is 0.0891. The fourth-order valence-electron chi connectivity index (χ4n) is 4.28. The van der Waals surface area contributed by atoms with E-state index in [1.54, 1.807) is 0 Å². The number of halogens is 1. The van der Waals surface area contributed by atoms with Crippen molar-refractivity contribution in [3.8, 4) is 6.07 Å². The van der Waals surface area contributed by atoms with Crippen LogP contribution in [0.4, 0.5) is 5.69 Å². The summed E-state index contributed by atoms with van der Waals surface area (Å²) in [5, 5.41) is 33.8. The number of nitrogens with zero attached hydrogens (tertiary/aromatic N) is 4. The van der Waals surface area contributed by atoms with Crippen molar-refractivity contribution in [3.05, 3.63) is 17.0 Å². The predicted molar refractivity (Wildman–Crippen MR) is 122 cm³/mol. The molecule has 1 saturated heterocycles. The smallest absolute Gasteiger partial charge is 0.340 e. The summed E-state index contributed by atoms with van der Waals surface area (Å²) in [7, 11) is -9.53. The van der Waals surface area contributed by atoms with Gasteiger partial charge < -0.3 is 39.5 Å². The van der Waals surface area contributed by atoms with Gasteiger partial charge in [-0.25, -0.2) is 9.97 Å². The van der Waals surface area contributed by atoms with Crippen LogP contribution >= 0.6 is 26.8 Å². The van der Waals surface area contributed by atoms with Crippen molar-refractivity contribution < 1.29 is 43.3 Å².